The van der Waals surface area contributed by atoms with Gasteiger partial charge < -0.3 is 10.1 Å². The molecule has 23 heavy (non-hydrogen) atoms. The van der Waals surface area contributed by atoms with Crippen molar-refractivity contribution in [2.24, 2.45) is 23.7 Å². The Morgan fingerprint density at radius 2 is 2.04 bits per heavy atom. The minimum absolute atomic E-state index is 0.118. The fourth-order valence-corrected chi connectivity index (χ4v) is 4.80. The molecule has 0 spiro atoms. The first-order chi connectivity index (χ1) is 11.3. The van der Waals surface area contributed by atoms with Gasteiger partial charge in [-0.3, -0.25) is 4.79 Å². The maximum absolute atomic E-state index is 12.5. The van der Waals surface area contributed by atoms with E-state index in [4.69, 9.17) is 4.74 Å². The van der Waals surface area contributed by atoms with E-state index in [1.807, 2.05) is 0 Å². The molecule has 1 aromatic carbocycles. The number of hydrogen-bond acceptors (Lipinski definition) is 2. The summed E-state index contributed by atoms with van der Waals surface area (Å²) >= 11 is 0. The van der Waals surface area contributed by atoms with E-state index >= 15 is 0 Å². The first-order valence-electron chi connectivity index (χ1n) is 9.19. The van der Waals surface area contributed by atoms with Crippen molar-refractivity contribution in [1.82, 2.24) is 5.32 Å². The van der Waals surface area contributed by atoms with Gasteiger partial charge in [-0.15, -0.1) is 0 Å². The lowest BCUT2D eigenvalue weighted by Crippen LogP contribution is -2.36. The molecular weight excluding hydrogens is 286 g/mol. The lowest BCUT2D eigenvalue weighted by molar-refractivity contribution is -0.127. The summed E-state index contributed by atoms with van der Waals surface area (Å²) in [5, 5.41) is 3.25. The van der Waals surface area contributed by atoms with Crippen molar-refractivity contribution in [3.05, 3.63) is 35.4 Å². The molecule has 3 nitrogen and oxygen atoms in total. The molecule has 1 saturated carbocycles. The monoisotopic (exact) mass is 313 g/mol. The van der Waals surface area contributed by atoms with Crippen LogP contribution in [0.3, 0.4) is 0 Å². The molecule has 124 valence electrons. The van der Waals surface area contributed by atoms with Gasteiger partial charge in [0.05, 0.1) is 0 Å². The number of aryl methyl sites for hydroxylation is 1. The third kappa shape index (κ3) is 2.91. The normalized spacial score (nSPS) is 30.9. The molecule has 4 rings (SSSR count). The molecule has 1 aliphatic heterocycles. The van der Waals surface area contributed by atoms with Gasteiger partial charge in [0.15, 0.2) is 0 Å². The van der Waals surface area contributed by atoms with Gasteiger partial charge in [0.25, 0.3) is 0 Å². The highest BCUT2D eigenvalue weighted by atomic mass is 16.5. The van der Waals surface area contributed by atoms with Crippen LogP contribution < -0.4 is 5.32 Å². The molecule has 1 heterocycles. The SMILES string of the molecule is C[C@H](C(=O)NC[C@@H]1[C@@H]2CCc3ccccc3[C@H]12)C1CCOCC1. The zero-order valence-corrected chi connectivity index (χ0v) is 14.0. The summed E-state index contributed by atoms with van der Waals surface area (Å²) in [5.74, 6) is 3.00. The summed E-state index contributed by atoms with van der Waals surface area (Å²) in [5.41, 5.74) is 3.07. The molecule has 0 radical (unpaired) electrons. The number of fused-ring (bicyclic) bond motifs is 3. The van der Waals surface area contributed by atoms with Crippen molar-refractivity contribution in [1.29, 1.82) is 0 Å². The molecule has 4 atom stereocenters. The predicted molar refractivity (Wildman–Crippen MR) is 90.2 cm³/mol. The molecular formula is C20H27NO2. The van der Waals surface area contributed by atoms with E-state index < -0.39 is 0 Å². The smallest absolute Gasteiger partial charge is 0.223 e. The van der Waals surface area contributed by atoms with E-state index in [1.54, 1.807) is 5.56 Å². The van der Waals surface area contributed by atoms with Crippen LogP contribution in [0.25, 0.3) is 0 Å². The number of carbonyl (C=O) groups is 1. The van der Waals surface area contributed by atoms with Crippen LogP contribution in [0.1, 0.15) is 43.2 Å². The highest BCUT2D eigenvalue weighted by molar-refractivity contribution is 5.78. The van der Waals surface area contributed by atoms with Crippen molar-refractivity contribution in [3.8, 4) is 0 Å². The van der Waals surface area contributed by atoms with E-state index in [-0.39, 0.29) is 11.8 Å². The van der Waals surface area contributed by atoms with Gasteiger partial charge in [-0.2, -0.15) is 0 Å². The fourth-order valence-electron chi connectivity index (χ4n) is 4.80. The summed E-state index contributed by atoms with van der Waals surface area (Å²) in [6.07, 6.45) is 4.55. The molecule has 1 N–H and O–H groups in total. The molecule has 2 aliphatic carbocycles. The minimum atomic E-state index is 0.118. The Morgan fingerprint density at radius 1 is 1.26 bits per heavy atom. The lowest BCUT2D eigenvalue weighted by Gasteiger charge is -2.27. The van der Waals surface area contributed by atoms with Gasteiger partial charge in [-0.25, -0.2) is 0 Å². The van der Waals surface area contributed by atoms with Crippen molar-refractivity contribution >= 4 is 5.91 Å². The Balaban J connectivity index is 1.31. The van der Waals surface area contributed by atoms with Crippen LogP contribution in [0, 0.1) is 23.7 Å². The van der Waals surface area contributed by atoms with Crippen molar-refractivity contribution in [2.75, 3.05) is 19.8 Å². The average molecular weight is 313 g/mol. The summed E-state index contributed by atoms with van der Waals surface area (Å²) in [6, 6.07) is 8.86. The molecule has 1 saturated heterocycles. The van der Waals surface area contributed by atoms with E-state index in [0.29, 0.717) is 17.8 Å². The first-order valence-corrected chi connectivity index (χ1v) is 9.19. The van der Waals surface area contributed by atoms with E-state index in [0.717, 1.165) is 38.5 Å². The van der Waals surface area contributed by atoms with Gasteiger partial charge >= 0.3 is 0 Å². The summed E-state index contributed by atoms with van der Waals surface area (Å²) in [6.45, 7) is 4.56. The number of nitrogens with one attached hydrogen (secondary N) is 1. The first kappa shape index (κ1) is 15.2. The number of rotatable bonds is 4. The van der Waals surface area contributed by atoms with Crippen LogP contribution in [0.2, 0.25) is 0 Å². The summed E-state index contributed by atoms with van der Waals surface area (Å²) in [4.78, 5) is 12.5. The number of hydrogen-bond donors (Lipinski definition) is 1. The Morgan fingerprint density at radius 3 is 2.87 bits per heavy atom. The minimum Gasteiger partial charge on any atom is -0.381 e. The molecule has 0 aromatic heterocycles. The molecule has 0 unspecified atom stereocenters. The Bertz CT molecular complexity index is 579. The predicted octanol–water partition coefficient (Wildman–Crippen LogP) is 3.14. The number of amides is 1. The number of carbonyl (C=O) groups excluding carboxylic acids is 1. The lowest BCUT2D eigenvalue weighted by atomic mass is 9.87. The van der Waals surface area contributed by atoms with E-state index in [9.17, 15) is 4.79 Å². The van der Waals surface area contributed by atoms with Gasteiger partial charge in [-0.05, 0) is 60.5 Å². The number of ether oxygens (including phenoxy) is 1. The van der Waals surface area contributed by atoms with Crippen LogP contribution in [0.5, 0.6) is 0 Å². The van der Waals surface area contributed by atoms with Crippen molar-refractivity contribution < 1.29 is 9.53 Å². The topological polar surface area (TPSA) is 38.3 Å². The van der Waals surface area contributed by atoms with E-state index in [1.165, 1.54) is 18.4 Å². The van der Waals surface area contributed by atoms with Crippen LogP contribution in [-0.4, -0.2) is 25.7 Å². The van der Waals surface area contributed by atoms with Gasteiger partial charge in [0.1, 0.15) is 0 Å². The molecule has 0 bridgehead atoms. The van der Waals surface area contributed by atoms with Gasteiger partial charge in [-0.1, -0.05) is 31.2 Å². The largest absolute Gasteiger partial charge is 0.381 e. The maximum atomic E-state index is 12.5. The van der Waals surface area contributed by atoms with Crippen LogP contribution in [0.15, 0.2) is 24.3 Å². The molecule has 1 amide bonds. The molecule has 1 aromatic rings. The standard InChI is InChI=1S/C20H27NO2/c1-13(14-8-10-23-11-9-14)20(22)21-12-18-17-7-6-15-4-2-3-5-16(15)19(17)18/h2-5,13-14,17-19H,6-12H2,1H3,(H,21,22)/t13-,17-,18+,19-/m0/s1. The van der Waals surface area contributed by atoms with Crippen LogP contribution in [0.4, 0.5) is 0 Å². The van der Waals surface area contributed by atoms with Gasteiger partial charge in [0, 0.05) is 25.7 Å². The van der Waals surface area contributed by atoms with E-state index in [2.05, 4.69) is 36.5 Å². The highest BCUT2D eigenvalue weighted by Crippen LogP contribution is 2.59. The third-order valence-corrected chi connectivity index (χ3v) is 6.39. The maximum Gasteiger partial charge on any atom is 0.223 e. The Kier molecular flexibility index (Phi) is 4.14. The average Bonchev–Trinajstić information content (AvgIpc) is 3.33. The molecule has 2 fully saturated rings. The third-order valence-electron chi connectivity index (χ3n) is 6.39. The Hall–Kier alpha value is -1.35. The van der Waals surface area contributed by atoms with Crippen molar-refractivity contribution in [3.63, 3.8) is 0 Å². The van der Waals surface area contributed by atoms with Crippen molar-refractivity contribution in [2.45, 2.75) is 38.5 Å². The second kappa shape index (κ2) is 6.27. The van der Waals surface area contributed by atoms with Gasteiger partial charge in [0.2, 0.25) is 5.91 Å². The fraction of sp³-hybridized carbons (Fsp3) is 0.650. The Labute approximate surface area is 138 Å². The molecule has 3 aliphatic rings. The quantitative estimate of drug-likeness (QED) is 0.927. The second-order valence-corrected chi connectivity index (χ2v) is 7.57. The highest BCUT2D eigenvalue weighted by Gasteiger charge is 2.52. The van der Waals surface area contributed by atoms with Crippen LogP contribution >= 0.6 is 0 Å². The summed E-state index contributed by atoms with van der Waals surface area (Å²) < 4.78 is 5.40. The number of benzene rings is 1. The summed E-state index contributed by atoms with van der Waals surface area (Å²) in [7, 11) is 0. The molecule has 3 heteroatoms. The zero-order chi connectivity index (χ0) is 15.8. The zero-order valence-electron chi connectivity index (χ0n) is 14.0. The second-order valence-electron chi connectivity index (χ2n) is 7.57. The van der Waals surface area contributed by atoms with Crippen LogP contribution in [-0.2, 0) is 16.0 Å².